The Balaban J connectivity index is 1.11. The number of rotatable bonds is 13. The van der Waals surface area contributed by atoms with Gasteiger partial charge in [0.05, 0.1) is 30.6 Å². The van der Waals surface area contributed by atoms with E-state index in [0.29, 0.717) is 50.1 Å². The predicted octanol–water partition coefficient (Wildman–Crippen LogP) is 5.90. The number of carbonyl (C=O) groups excluding carboxylic acids is 6. The lowest BCUT2D eigenvalue weighted by Crippen LogP contribution is -2.62. The number of aromatic nitrogens is 2. The van der Waals surface area contributed by atoms with Crippen molar-refractivity contribution >= 4 is 46.5 Å². The van der Waals surface area contributed by atoms with E-state index in [0.717, 1.165) is 70.2 Å². The Morgan fingerprint density at radius 2 is 1.75 bits per heavy atom. The molecule has 3 aliphatic heterocycles. The third kappa shape index (κ3) is 11.2. The van der Waals surface area contributed by atoms with Gasteiger partial charge in [-0.1, -0.05) is 38.8 Å². The van der Waals surface area contributed by atoms with Gasteiger partial charge in [-0.3, -0.25) is 44.1 Å². The molecule has 4 amide bonds. The molecule has 390 valence electrons. The van der Waals surface area contributed by atoms with Gasteiger partial charge in [0.1, 0.15) is 29.9 Å². The summed E-state index contributed by atoms with van der Waals surface area (Å²) >= 11 is 0. The molecule has 5 aliphatic rings. The Bertz CT molecular complexity index is 2780. The number of cyclic esters (lactones) is 1. The van der Waals surface area contributed by atoms with Crippen LogP contribution in [0.25, 0.3) is 33.3 Å². The van der Waals surface area contributed by atoms with Gasteiger partial charge in [0.2, 0.25) is 17.7 Å². The monoisotopic (exact) mass is 1000 g/mol. The van der Waals surface area contributed by atoms with Crippen LogP contribution in [0.3, 0.4) is 0 Å². The highest BCUT2D eigenvalue weighted by Gasteiger charge is 2.52. The number of hydrogen-bond donors (Lipinski definition) is 3. The van der Waals surface area contributed by atoms with Crippen molar-refractivity contribution in [1.82, 2.24) is 40.4 Å². The van der Waals surface area contributed by atoms with Gasteiger partial charge < -0.3 is 33.9 Å². The van der Waals surface area contributed by atoms with Crippen LogP contribution in [0.4, 0.5) is 0 Å². The normalized spacial score (nSPS) is 23.0. The van der Waals surface area contributed by atoms with Crippen molar-refractivity contribution in [1.29, 1.82) is 0 Å². The van der Waals surface area contributed by atoms with Gasteiger partial charge in [-0.25, -0.2) is 5.43 Å². The van der Waals surface area contributed by atoms with E-state index in [1.165, 1.54) is 21.7 Å². The number of hydrazine groups is 1. The number of likely N-dealkylation sites (N-methyl/N-ethyl adjacent to an activating group) is 2. The number of nitrogens with zero attached hydrogens (tertiary/aromatic N) is 5. The first-order valence-electron chi connectivity index (χ1n) is 26.2. The summed E-state index contributed by atoms with van der Waals surface area (Å²) in [5.41, 5.74) is 9.51. The van der Waals surface area contributed by atoms with Gasteiger partial charge in [-0.15, -0.1) is 0 Å². The average Bonchev–Trinajstić information content (AvgIpc) is 4.30. The van der Waals surface area contributed by atoms with Gasteiger partial charge >= 0.3 is 11.9 Å². The average molecular weight is 1000 g/mol. The zero-order valence-corrected chi connectivity index (χ0v) is 43.6. The van der Waals surface area contributed by atoms with Crippen LogP contribution in [-0.2, 0) is 57.6 Å². The summed E-state index contributed by atoms with van der Waals surface area (Å²) < 4.78 is 20.1. The summed E-state index contributed by atoms with van der Waals surface area (Å²) in [4.78, 5) is 91.9. The van der Waals surface area contributed by atoms with Crippen molar-refractivity contribution in [2.45, 2.75) is 142 Å². The number of hydrogen-bond acceptors (Lipinski definition) is 12. The maximum Gasteiger partial charge on any atom is 0.324 e. The molecular formula is C56H72N8O9. The van der Waals surface area contributed by atoms with E-state index in [1.807, 2.05) is 25.1 Å². The molecule has 2 saturated heterocycles. The highest BCUT2D eigenvalue weighted by atomic mass is 16.5. The largest absolute Gasteiger partial charge is 0.464 e. The van der Waals surface area contributed by atoms with E-state index < -0.39 is 47.3 Å². The molecule has 73 heavy (non-hydrogen) atoms. The lowest BCUT2D eigenvalue weighted by Gasteiger charge is -2.37. The minimum absolute atomic E-state index is 0.0255. The Morgan fingerprint density at radius 1 is 0.986 bits per heavy atom. The zero-order valence-electron chi connectivity index (χ0n) is 43.6. The Hall–Kier alpha value is -6.17. The highest BCUT2D eigenvalue weighted by Crippen LogP contribution is 2.43. The number of benzene rings is 2. The van der Waals surface area contributed by atoms with E-state index in [9.17, 15) is 24.0 Å². The maximum atomic E-state index is 15.0. The van der Waals surface area contributed by atoms with Crippen LogP contribution >= 0.6 is 0 Å². The van der Waals surface area contributed by atoms with E-state index in [4.69, 9.17) is 19.2 Å². The third-order valence-corrected chi connectivity index (χ3v) is 15.6. The summed E-state index contributed by atoms with van der Waals surface area (Å²) in [5, 5.41) is 8.76. The van der Waals surface area contributed by atoms with Crippen molar-refractivity contribution in [3.05, 3.63) is 71.5 Å². The summed E-state index contributed by atoms with van der Waals surface area (Å²) in [6.07, 6.45) is 8.30. The molecule has 0 spiro atoms. The standard InChI is InChI=1S/C56H72N8O9/c1-9-63-45-21-20-37-28-41(45)42(51(63)40-16-12-22-57-47(40)32(2)71-8)29-56(4,5)31-72-55(70)43-17-13-23-64(60-43)53(68)44(26-34-24-38(37)27-39(25-34)73-33(3)65)58-52(67)50(36-14-10-11-15-36)62(7)46(66)30-61(6)54(69)49-48(59-49)35-18-19-35/h12,16,20-22,24-25,27-28,32,35-36,43-44,48-50,59-60H,9-11,13-15,17-19,23,26,29-31H2,1-8H3,(H,58,67)/t32-,43-,44-,48+,49+,50-/m0/s1. The molecule has 2 aromatic carbocycles. The first-order valence-corrected chi connectivity index (χ1v) is 26.2. The molecule has 0 unspecified atom stereocenters. The van der Waals surface area contributed by atoms with E-state index in [2.05, 4.69) is 59.6 Å². The summed E-state index contributed by atoms with van der Waals surface area (Å²) in [5.74, 6) is -1.90. The van der Waals surface area contributed by atoms with Gasteiger partial charge in [-0.2, -0.15) is 0 Å². The van der Waals surface area contributed by atoms with Crippen LogP contribution in [0.5, 0.6) is 5.75 Å². The summed E-state index contributed by atoms with van der Waals surface area (Å²) in [6, 6.07) is 12.6. The molecule has 6 bridgehead atoms. The number of aryl methyl sites for hydroxylation is 1. The second-order valence-corrected chi connectivity index (χ2v) is 21.8. The van der Waals surface area contributed by atoms with Crippen LogP contribution in [0.2, 0.25) is 0 Å². The topological polar surface area (TPSA) is 204 Å². The SMILES string of the molecule is CCn1c(-c2cccnc2[C@H](C)OC)c2c3cc(ccc31)-c1cc(cc(OC(C)=O)c1)C[C@H](NC(=O)[C@H](C1CCCC1)N(C)C(=O)CN(C)C(=O)[C@@H]1N[C@@H]1C1CC1)C(=O)N1CCC[C@H](N1)C(=O)OCC(C)(C)C2. The maximum absolute atomic E-state index is 15.0. The fourth-order valence-electron chi connectivity index (χ4n) is 11.5. The van der Waals surface area contributed by atoms with Crippen molar-refractivity contribution in [3.63, 3.8) is 0 Å². The molecule has 0 radical (unpaired) electrons. The molecule has 2 aliphatic carbocycles. The minimum Gasteiger partial charge on any atom is -0.464 e. The molecule has 3 N–H and O–H groups in total. The molecule has 2 aromatic heterocycles. The molecule has 4 aromatic rings. The third-order valence-electron chi connectivity index (χ3n) is 15.6. The van der Waals surface area contributed by atoms with Crippen molar-refractivity contribution in [2.75, 3.05) is 40.9 Å². The van der Waals surface area contributed by atoms with Gasteiger partial charge in [0.15, 0.2) is 0 Å². The van der Waals surface area contributed by atoms with Crippen LogP contribution in [0, 0.1) is 17.3 Å². The van der Waals surface area contributed by atoms with Crippen LogP contribution in [0.1, 0.15) is 109 Å². The lowest BCUT2D eigenvalue weighted by atomic mass is 9.84. The Kier molecular flexibility index (Phi) is 15.1. The number of ether oxygens (including phenoxy) is 3. The van der Waals surface area contributed by atoms with E-state index >= 15 is 4.79 Å². The molecule has 5 heterocycles. The molecule has 17 heteroatoms. The number of pyridine rings is 1. The fourth-order valence-corrected chi connectivity index (χ4v) is 11.5. The quantitative estimate of drug-likeness (QED) is 0.0815. The first kappa shape index (κ1) is 51.7. The first-order chi connectivity index (χ1) is 34.9. The number of nitrogens with one attached hydrogen (secondary N) is 3. The molecule has 9 rings (SSSR count). The van der Waals surface area contributed by atoms with Gasteiger partial charge in [-0.05, 0) is 129 Å². The molecule has 4 fully saturated rings. The van der Waals surface area contributed by atoms with E-state index in [-0.39, 0.29) is 67.8 Å². The lowest BCUT2D eigenvalue weighted by molar-refractivity contribution is -0.155. The number of methoxy groups -OCH3 is 1. The van der Waals surface area contributed by atoms with Crippen molar-refractivity contribution < 1.29 is 43.0 Å². The number of fused-ring (bicyclic) bond motifs is 6. The number of esters is 2. The summed E-state index contributed by atoms with van der Waals surface area (Å²) in [6.45, 7) is 10.4. The molecule has 17 nitrogen and oxygen atoms in total. The van der Waals surface area contributed by atoms with Gasteiger partial charge in [0, 0.05) is 81.8 Å². The smallest absolute Gasteiger partial charge is 0.324 e. The zero-order chi connectivity index (χ0) is 51.9. The number of amides is 4. The van der Waals surface area contributed by atoms with E-state index in [1.54, 1.807) is 39.5 Å². The predicted molar refractivity (Wildman–Crippen MR) is 275 cm³/mol. The van der Waals surface area contributed by atoms with Crippen molar-refractivity contribution in [3.8, 4) is 28.1 Å². The second-order valence-electron chi connectivity index (χ2n) is 21.8. The summed E-state index contributed by atoms with van der Waals surface area (Å²) in [7, 11) is 4.89. The Labute approximate surface area is 428 Å². The van der Waals surface area contributed by atoms with Crippen LogP contribution in [-0.4, -0.2) is 131 Å². The molecule has 6 atom stereocenters. The van der Waals surface area contributed by atoms with Gasteiger partial charge in [0.25, 0.3) is 5.91 Å². The second kappa shape index (κ2) is 21.4. The fraction of sp³-hybridized carbons (Fsp3) is 0.554. The Morgan fingerprint density at radius 3 is 2.47 bits per heavy atom. The number of carbonyl (C=O) groups is 6. The van der Waals surface area contributed by atoms with Crippen LogP contribution < -0.4 is 20.8 Å². The minimum atomic E-state index is -1.19. The molecular weight excluding hydrogens is 929 g/mol. The molecule has 2 saturated carbocycles. The van der Waals surface area contributed by atoms with Crippen molar-refractivity contribution in [2.24, 2.45) is 17.3 Å². The van der Waals surface area contributed by atoms with Crippen LogP contribution in [0.15, 0.2) is 54.7 Å². The highest BCUT2D eigenvalue weighted by molar-refractivity contribution is 5.97.